The van der Waals surface area contributed by atoms with E-state index in [9.17, 15) is 9.59 Å². The number of carbonyl (C=O) groups is 2. The van der Waals surface area contributed by atoms with Crippen LogP contribution in [0.1, 0.15) is 213 Å². The van der Waals surface area contributed by atoms with Crippen LogP contribution >= 0.6 is 0 Å². The van der Waals surface area contributed by atoms with E-state index < -0.39 is 18.0 Å². The second-order valence-electron chi connectivity index (χ2n) is 12.7. The van der Waals surface area contributed by atoms with Crippen molar-refractivity contribution in [2.24, 2.45) is 0 Å². The fourth-order valence-corrected chi connectivity index (χ4v) is 5.36. The van der Waals surface area contributed by atoms with Crippen molar-refractivity contribution in [1.82, 2.24) is 0 Å². The van der Waals surface area contributed by atoms with Crippen molar-refractivity contribution in [1.29, 1.82) is 0 Å². The van der Waals surface area contributed by atoms with Crippen molar-refractivity contribution in [3.05, 3.63) is 12.2 Å². The van der Waals surface area contributed by atoms with Gasteiger partial charge in [-0.15, -0.1) is 0 Å². The molecule has 0 heterocycles. The molecule has 43 heavy (non-hydrogen) atoms. The van der Waals surface area contributed by atoms with Crippen LogP contribution in [0.5, 0.6) is 0 Å². The van der Waals surface area contributed by atoms with E-state index >= 15 is 0 Å². The summed E-state index contributed by atoms with van der Waals surface area (Å²) in [5, 5.41) is 26.2. The number of aliphatic carboxylic acids is 2. The maximum atomic E-state index is 10.4. The van der Waals surface area contributed by atoms with Crippen molar-refractivity contribution < 1.29 is 24.9 Å². The van der Waals surface area contributed by atoms with E-state index in [0.717, 1.165) is 25.7 Å². The van der Waals surface area contributed by atoms with Gasteiger partial charge in [0, 0.05) is 6.42 Å². The highest BCUT2D eigenvalue weighted by molar-refractivity contribution is 5.71. The molecule has 0 aliphatic rings. The summed E-state index contributed by atoms with van der Waals surface area (Å²) in [6.45, 7) is 4.53. The molecule has 1 unspecified atom stereocenters. The Labute approximate surface area is 267 Å². The van der Waals surface area contributed by atoms with Crippen molar-refractivity contribution in [3.8, 4) is 0 Å². The molecule has 0 aromatic rings. The van der Waals surface area contributed by atoms with E-state index in [1.807, 2.05) is 0 Å². The van der Waals surface area contributed by atoms with Crippen molar-refractivity contribution in [3.63, 3.8) is 0 Å². The van der Waals surface area contributed by atoms with Gasteiger partial charge >= 0.3 is 11.9 Å². The first-order valence-electron chi connectivity index (χ1n) is 18.7. The monoisotopic (exact) mass is 611 g/mol. The molecule has 5 heteroatoms. The van der Waals surface area contributed by atoms with Gasteiger partial charge in [0.1, 0.15) is 0 Å². The minimum Gasteiger partial charge on any atom is -0.481 e. The zero-order valence-electron chi connectivity index (χ0n) is 28.8. The highest BCUT2D eigenvalue weighted by atomic mass is 16.4. The number of unbranched alkanes of at least 4 members (excludes halogenated alkanes) is 26. The smallest absolute Gasteiger partial charge is 0.332 e. The molecule has 0 aromatic heterocycles. The standard InChI is InChI=1S/C20H40O3.C18H34O2/c1-2-3-4-5-6-7-8-9-10-11-12-13-14-15-16-17-18-19(21)20(22)23;1-2-3-4-5-6-7-8-9-10-11-12-13-14-15-16-17-18(19)20/h19,21H,2-18H2,1H3,(H,22,23);9-10H,2-8,11-17H2,1H3,(H,19,20)/b;10-9-. The molecular formula is C38H74O5. The second-order valence-corrected chi connectivity index (χ2v) is 12.7. The first-order valence-corrected chi connectivity index (χ1v) is 18.7. The molecule has 0 spiro atoms. The Morgan fingerprint density at radius 3 is 1.09 bits per heavy atom. The third-order valence-corrected chi connectivity index (χ3v) is 8.27. The Balaban J connectivity index is 0. The summed E-state index contributed by atoms with van der Waals surface area (Å²) in [5.74, 6) is -1.76. The minimum atomic E-state index is -1.17. The van der Waals surface area contributed by atoms with Gasteiger partial charge in [-0.2, -0.15) is 0 Å². The lowest BCUT2D eigenvalue weighted by molar-refractivity contribution is -0.147. The number of carboxylic acid groups (broad SMARTS) is 2. The lowest BCUT2D eigenvalue weighted by atomic mass is 10.0. The maximum Gasteiger partial charge on any atom is 0.332 e. The second kappa shape index (κ2) is 38.7. The molecule has 0 aliphatic heterocycles. The number of aliphatic hydroxyl groups excluding tert-OH is 1. The highest BCUT2D eigenvalue weighted by Gasteiger charge is 2.11. The summed E-state index contributed by atoms with van der Waals surface area (Å²) in [4.78, 5) is 20.8. The maximum absolute atomic E-state index is 10.4. The first kappa shape index (κ1) is 43.8. The van der Waals surface area contributed by atoms with Gasteiger partial charge in [-0.3, -0.25) is 4.79 Å². The summed E-state index contributed by atoms with van der Waals surface area (Å²) in [5.41, 5.74) is 0. The highest BCUT2D eigenvalue weighted by Crippen LogP contribution is 2.14. The average molecular weight is 611 g/mol. The molecule has 0 aliphatic carbocycles. The zero-order chi connectivity index (χ0) is 32.1. The number of rotatable bonds is 33. The van der Waals surface area contributed by atoms with E-state index in [2.05, 4.69) is 26.0 Å². The fraction of sp³-hybridized carbons (Fsp3) is 0.895. The number of hydrogen-bond acceptors (Lipinski definition) is 3. The molecule has 5 nitrogen and oxygen atoms in total. The normalized spacial score (nSPS) is 11.9. The molecule has 0 saturated carbocycles. The van der Waals surface area contributed by atoms with Crippen molar-refractivity contribution in [2.75, 3.05) is 0 Å². The van der Waals surface area contributed by atoms with E-state index in [1.54, 1.807) is 0 Å². The lowest BCUT2D eigenvalue weighted by Crippen LogP contribution is -2.18. The van der Waals surface area contributed by atoms with Crippen molar-refractivity contribution in [2.45, 2.75) is 219 Å². The van der Waals surface area contributed by atoms with Gasteiger partial charge in [-0.05, 0) is 38.5 Å². The predicted octanol–water partition coefficient (Wildman–Crippen LogP) is 12.2. The number of hydrogen-bond donors (Lipinski definition) is 3. The summed E-state index contributed by atoms with van der Waals surface area (Å²) in [7, 11) is 0. The summed E-state index contributed by atoms with van der Waals surface area (Å²) >= 11 is 0. The molecule has 0 aromatic carbocycles. The third kappa shape index (κ3) is 42.8. The van der Waals surface area contributed by atoms with Gasteiger partial charge in [0.25, 0.3) is 0 Å². The van der Waals surface area contributed by atoms with Gasteiger partial charge in [0.2, 0.25) is 0 Å². The average Bonchev–Trinajstić information content (AvgIpc) is 2.99. The Bertz CT molecular complexity index is 589. The summed E-state index contributed by atoms with van der Waals surface area (Å²) in [6.07, 6.45) is 41.4. The number of allylic oxidation sites excluding steroid dienone is 2. The molecule has 1 atom stereocenters. The molecule has 3 N–H and O–H groups in total. The SMILES string of the molecule is CCCCCCCC/C=C\CCCCCCCC(=O)O.CCCCCCCCCCCCCCCCCCC(O)C(=O)O. The Morgan fingerprint density at radius 2 is 0.767 bits per heavy atom. The molecule has 0 saturated heterocycles. The molecule has 0 radical (unpaired) electrons. The largest absolute Gasteiger partial charge is 0.481 e. The number of carboxylic acids is 2. The van der Waals surface area contributed by atoms with Crippen LogP contribution in [0, 0.1) is 0 Å². The summed E-state index contributed by atoms with van der Waals surface area (Å²) < 4.78 is 0. The molecule has 0 amide bonds. The molecule has 0 rings (SSSR count). The molecular weight excluding hydrogens is 536 g/mol. The third-order valence-electron chi connectivity index (χ3n) is 8.27. The van der Waals surface area contributed by atoms with Crippen LogP contribution in [-0.2, 0) is 9.59 Å². The lowest BCUT2D eigenvalue weighted by Gasteiger charge is -2.05. The van der Waals surface area contributed by atoms with Crippen LogP contribution < -0.4 is 0 Å². The van der Waals surface area contributed by atoms with Crippen LogP contribution in [0.2, 0.25) is 0 Å². The van der Waals surface area contributed by atoms with Gasteiger partial charge in [0.05, 0.1) is 0 Å². The van der Waals surface area contributed by atoms with Gasteiger partial charge in [0.15, 0.2) is 6.10 Å². The quantitative estimate of drug-likeness (QED) is 0.0507. The Morgan fingerprint density at radius 1 is 0.465 bits per heavy atom. The predicted molar refractivity (Wildman–Crippen MR) is 185 cm³/mol. The molecule has 0 fully saturated rings. The van der Waals surface area contributed by atoms with Gasteiger partial charge in [-0.1, -0.05) is 180 Å². The van der Waals surface area contributed by atoms with Crippen LogP contribution in [0.4, 0.5) is 0 Å². The van der Waals surface area contributed by atoms with Crippen LogP contribution in [0.3, 0.4) is 0 Å². The van der Waals surface area contributed by atoms with Crippen LogP contribution in [0.15, 0.2) is 12.2 Å². The first-order chi connectivity index (χ1) is 21.0. The van der Waals surface area contributed by atoms with E-state index in [-0.39, 0.29) is 0 Å². The van der Waals surface area contributed by atoms with E-state index in [1.165, 1.54) is 161 Å². The van der Waals surface area contributed by atoms with Crippen LogP contribution in [0.25, 0.3) is 0 Å². The summed E-state index contributed by atoms with van der Waals surface area (Å²) in [6, 6.07) is 0. The molecule has 0 bridgehead atoms. The van der Waals surface area contributed by atoms with Gasteiger partial charge in [-0.25, -0.2) is 4.79 Å². The van der Waals surface area contributed by atoms with Crippen molar-refractivity contribution >= 4 is 11.9 Å². The number of aliphatic hydroxyl groups is 1. The Hall–Kier alpha value is -1.36. The van der Waals surface area contributed by atoms with Crippen LogP contribution in [-0.4, -0.2) is 33.4 Å². The topological polar surface area (TPSA) is 94.8 Å². The fourth-order valence-electron chi connectivity index (χ4n) is 5.36. The van der Waals surface area contributed by atoms with Gasteiger partial charge < -0.3 is 15.3 Å². The minimum absolute atomic E-state index is 0.332. The van der Waals surface area contributed by atoms with E-state index in [0.29, 0.717) is 12.8 Å². The van der Waals surface area contributed by atoms with E-state index in [4.69, 9.17) is 15.3 Å². The zero-order valence-corrected chi connectivity index (χ0v) is 28.8. The Kier molecular flexibility index (Phi) is 39.4. The molecule has 256 valence electrons.